The van der Waals surface area contributed by atoms with E-state index in [2.05, 4.69) is 16.4 Å². The molecule has 1 N–H and O–H groups in total. The highest BCUT2D eigenvalue weighted by atomic mass is 16.2. The molecule has 2 amide bonds. The number of nitriles is 1. The van der Waals surface area contributed by atoms with Crippen LogP contribution in [-0.4, -0.2) is 37.5 Å². The number of imidazole rings is 2. The Hall–Kier alpha value is -5.23. The summed E-state index contributed by atoms with van der Waals surface area (Å²) < 4.78 is 3.99. The van der Waals surface area contributed by atoms with E-state index >= 15 is 0 Å². The number of carbonyl (C=O) groups excluding carboxylic acids is 2. The second kappa shape index (κ2) is 12.1. The summed E-state index contributed by atoms with van der Waals surface area (Å²) in [5.41, 5.74) is 3.81. The van der Waals surface area contributed by atoms with Crippen molar-refractivity contribution in [1.82, 2.24) is 19.1 Å². The molecular formula is C31H29N7O2. The van der Waals surface area contributed by atoms with Gasteiger partial charge in [-0.15, -0.1) is 0 Å². The monoisotopic (exact) mass is 531 g/mol. The summed E-state index contributed by atoms with van der Waals surface area (Å²) in [5.74, 6) is 0.0298. The van der Waals surface area contributed by atoms with E-state index in [1.807, 2.05) is 70.8 Å². The second-order valence-electron chi connectivity index (χ2n) is 9.38. The van der Waals surface area contributed by atoms with Crippen LogP contribution in [0.2, 0.25) is 0 Å². The molecule has 0 unspecified atom stereocenters. The average molecular weight is 532 g/mol. The number of amides is 2. The summed E-state index contributed by atoms with van der Waals surface area (Å²) in [6, 6.07) is 23.5. The first-order valence-electron chi connectivity index (χ1n) is 13.2. The van der Waals surface area contributed by atoms with Gasteiger partial charge in [0.25, 0.3) is 11.8 Å². The Morgan fingerprint density at radius 1 is 1.00 bits per heavy atom. The molecule has 0 saturated heterocycles. The first kappa shape index (κ1) is 26.4. The molecule has 0 aliphatic carbocycles. The molecular weight excluding hydrogens is 502 g/mol. The number of benzene rings is 3. The van der Waals surface area contributed by atoms with Gasteiger partial charge in [0.1, 0.15) is 0 Å². The van der Waals surface area contributed by atoms with E-state index in [0.29, 0.717) is 41.2 Å². The number of fused-ring (bicyclic) bond motifs is 1. The lowest BCUT2D eigenvalue weighted by molar-refractivity contribution is 0.0985. The number of nitrogens with zero attached hydrogens (tertiary/aromatic N) is 6. The minimum Gasteiger partial charge on any atom is -0.337 e. The van der Waals surface area contributed by atoms with Crippen molar-refractivity contribution < 1.29 is 9.59 Å². The minimum atomic E-state index is -0.317. The van der Waals surface area contributed by atoms with E-state index in [0.717, 1.165) is 30.6 Å². The van der Waals surface area contributed by atoms with Gasteiger partial charge >= 0.3 is 0 Å². The van der Waals surface area contributed by atoms with Gasteiger partial charge in [-0.2, -0.15) is 5.26 Å². The Morgan fingerprint density at radius 3 is 2.50 bits per heavy atom. The zero-order valence-electron chi connectivity index (χ0n) is 22.2. The molecule has 0 saturated carbocycles. The Balaban J connectivity index is 1.47. The third-order valence-corrected chi connectivity index (χ3v) is 6.62. The van der Waals surface area contributed by atoms with Crippen LogP contribution < -0.4 is 10.2 Å². The summed E-state index contributed by atoms with van der Waals surface area (Å²) in [6.45, 7) is 3.97. The predicted molar refractivity (Wildman–Crippen MR) is 154 cm³/mol. The zero-order chi connectivity index (χ0) is 27.9. The fourth-order valence-electron chi connectivity index (χ4n) is 4.62. The van der Waals surface area contributed by atoms with Crippen LogP contribution in [0.25, 0.3) is 11.0 Å². The van der Waals surface area contributed by atoms with Crippen LogP contribution in [0.1, 0.15) is 46.0 Å². The summed E-state index contributed by atoms with van der Waals surface area (Å²) in [5, 5.41) is 12.0. The van der Waals surface area contributed by atoms with Crippen molar-refractivity contribution in [1.29, 1.82) is 5.26 Å². The van der Waals surface area contributed by atoms with Crippen LogP contribution in [0.5, 0.6) is 0 Å². The van der Waals surface area contributed by atoms with Crippen molar-refractivity contribution in [3.63, 3.8) is 0 Å². The first-order valence-corrected chi connectivity index (χ1v) is 13.2. The van der Waals surface area contributed by atoms with Gasteiger partial charge < -0.3 is 14.0 Å². The molecule has 5 aromatic rings. The van der Waals surface area contributed by atoms with Crippen LogP contribution in [0.3, 0.4) is 0 Å². The van der Waals surface area contributed by atoms with Gasteiger partial charge in [-0.3, -0.25) is 14.9 Å². The van der Waals surface area contributed by atoms with Crippen LogP contribution in [0, 0.1) is 11.3 Å². The number of anilines is 2. The lowest BCUT2D eigenvalue weighted by Crippen LogP contribution is -2.31. The van der Waals surface area contributed by atoms with Gasteiger partial charge in [-0.1, -0.05) is 25.1 Å². The van der Waals surface area contributed by atoms with Gasteiger partial charge in [0.05, 0.1) is 29.0 Å². The smallest absolute Gasteiger partial charge is 0.258 e. The normalized spacial score (nSPS) is 10.8. The second-order valence-corrected chi connectivity index (χ2v) is 9.38. The third kappa shape index (κ3) is 5.76. The van der Waals surface area contributed by atoms with Crippen LogP contribution in [-0.2, 0) is 13.1 Å². The van der Waals surface area contributed by atoms with Crippen molar-refractivity contribution in [2.75, 3.05) is 16.8 Å². The van der Waals surface area contributed by atoms with Gasteiger partial charge in [-0.25, -0.2) is 9.97 Å². The molecule has 0 atom stereocenters. The van der Waals surface area contributed by atoms with E-state index in [9.17, 15) is 9.59 Å². The maximum atomic E-state index is 13.4. The highest BCUT2D eigenvalue weighted by Crippen LogP contribution is 2.27. The van der Waals surface area contributed by atoms with Crippen LogP contribution in [0.4, 0.5) is 11.6 Å². The minimum absolute atomic E-state index is 0.0732. The van der Waals surface area contributed by atoms with Crippen molar-refractivity contribution in [2.45, 2.75) is 32.9 Å². The lowest BCUT2D eigenvalue weighted by Gasteiger charge is -2.22. The van der Waals surface area contributed by atoms with Crippen molar-refractivity contribution in [3.8, 4) is 6.07 Å². The highest BCUT2D eigenvalue weighted by Gasteiger charge is 2.20. The molecule has 9 nitrogen and oxygen atoms in total. The maximum absolute atomic E-state index is 13.4. The summed E-state index contributed by atoms with van der Waals surface area (Å²) in [6.07, 6.45) is 7.02. The molecule has 5 rings (SSSR count). The Labute approximate surface area is 232 Å². The number of aryl methyl sites for hydroxylation is 2. The molecule has 0 radical (unpaired) electrons. The standard InChI is InChI=1S/C31H29N7O2/c1-2-16-37(30(40)25-7-4-3-5-8-25)26-13-14-28-27(20-26)34-31(38(28)18-6-17-36-19-15-33-22-36)35-29(39)24-11-9-23(21-32)10-12-24/h3-5,7-15,19-20,22H,2,6,16-18H2,1H3,(H,34,35,39). The number of aromatic nitrogens is 4. The largest absolute Gasteiger partial charge is 0.337 e. The first-order chi connectivity index (χ1) is 19.6. The number of hydrogen-bond acceptors (Lipinski definition) is 5. The molecule has 2 heterocycles. The molecule has 9 heteroatoms. The molecule has 0 aliphatic rings. The molecule has 0 bridgehead atoms. The molecule has 200 valence electrons. The number of nitrogens with one attached hydrogen (secondary N) is 1. The van der Waals surface area contributed by atoms with Gasteiger partial charge in [-0.05, 0) is 67.4 Å². The van der Waals surface area contributed by atoms with Crippen LogP contribution >= 0.6 is 0 Å². The quantitative estimate of drug-likeness (QED) is 0.256. The fraction of sp³-hybridized carbons (Fsp3) is 0.194. The van der Waals surface area contributed by atoms with Crippen molar-refractivity contribution in [2.24, 2.45) is 0 Å². The molecule has 2 aromatic heterocycles. The SMILES string of the molecule is CCCN(C(=O)c1ccccc1)c1ccc2c(c1)nc(NC(=O)c1ccc(C#N)cc1)n2CCCn1ccnc1. The van der Waals surface area contributed by atoms with Crippen molar-refractivity contribution >= 4 is 34.5 Å². The highest BCUT2D eigenvalue weighted by molar-refractivity contribution is 6.07. The molecule has 0 spiro atoms. The van der Waals surface area contributed by atoms with Gasteiger partial charge in [0.15, 0.2) is 0 Å². The number of carbonyl (C=O) groups is 2. The lowest BCUT2D eigenvalue weighted by atomic mass is 10.1. The molecule has 0 aliphatic heterocycles. The van der Waals surface area contributed by atoms with E-state index < -0.39 is 0 Å². The van der Waals surface area contributed by atoms with E-state index in [1.54, 1.807) is 41.7 Å². The Bertz CT molecular complexity index is 1650. The summed E-state index contributed by atoms with van der Waals surface area (Å²) in [7, 11) is 0. The number of rotatable bonds is 10. The predicted octanol–water partition coefficient (Wildman–Crippen LogP) is 5.50. The molecule has 3 aromatic carbocycles. The van der Waals surface area contributed by atoms with Crippen LogP contribution in [0.15, 0.2) is 91.5 Å². The fourth-order valence-corrected chi connectivity index (χ4v) is 4.62. The molecule has 0 fully saturated rings. The number of hydrogen-bond donors (Lipinski definition) is 1. The Morgan fingerprint density at radius 2 is 1.80 bits per heavy atom. The van der Waals surface area contributed by atoms with E-state index in [1.165, 1.54) is 0 Å². The average Bonchev–Trinajstić information content (AvgIpc) is 3.63. The Kier molecular flexibility index (Phi) is 7.97. The maximum Gasteiger partial charge on any atom is 0.258 e. The third-order valence-electron chi connectivity index (χ3n) is 6.62. The summed E-state index contributed by atoms with van der Waals surface area (Å²) >= 11 is 0. The topological polar surface area (TPSA) is 109 Å². The van der Waals surface area contributed by atoms with Gasteiger partial charge in [0.2, 0.25) is 5.95 Å². The summed E-state index contributed by atoms with van der Waals surface area (Å²) in [4.78, 5) is 37.1. The zero-order valence-corrected chi connectivity index (χ0v) is 22.2. The molecule has 40 heavy (non-hydrogen) atoms. The van der Waals surface area contributed by atoms with E-state index in [-0.39, 0.29) is 11.8 Å². The van der Waals surface area contributed by atoms with Crippen molar-refractivity contribution in [3.05, 3.63) is 108 Å². The van der Waals surface area contributed by atoms with E-state index in [4.69, 9.17) is 10.2 Å². The van der Waals surface area contributed by atoms with Gasteiger partial charge in [0, 0.05) is 48.8 Å².